The molecule has 1 aliphatic carbocycles. The Balaban J connectivity index is 2.52. The fourth-order valence-corrected chi connectivity index (χ4v) is 2.10. The maximum atomic E-state index is 4.52. The van der Waals surface area contributed by atoms with Crippen molar-refractivity contribution in [2.45, 2.75) is 34.1 Å². The summed E-state index contributed by atoms with van der Waals surface area (Å²) in [4.78, 5) is 4.52. The van der Waals surface area contributed by atoms with Crippen molar-refractivity contribution in [1.29, 1.82) is 0 Å². The van der Waals surface area contributed by atoms with Crippen LogP contribution in [0.25, 0.3) is 0 Å². The Morgan fingerprint density at radius 2 is 2.00 bits per heavy atom. The maximum absolute atomic E-state index is 4.52. The fraction of sp³-hybridized carbons (Fsp3) is 0.500. The third kappa shape index (κ3) is 1.71. The standard InChI is InChI=1S/C14H19N/c1-5-14(4)10-15-12-7-6-8-13(2,3)9-11(12)14/h6-10H,5H2,1-4H3. The first-order chi connectivity index (χ1) is 6.97. The molecular formula is C14H19N. The van der Waals surface area contributed by atoms with Gasteiger partial charge in [0.05, 0.1) is 5.70 Å². The lowest BCUT2D eigenvalue weighted by atomic mass is 9.78. The Bertz CT molecular complexity index is 394. The molecule has 0 spiro atoms. The van der Waals surface area contributed by atoms with Crippen LogP contribution >= 0.6 is 0 Å². The predicted octanol–water partition coefficient (Wildman–Crippen LogP) is 3.89. The molecule has 0 bridgehead atoms. The topological polar surface area (TPSA) is 12.4 Å². The summed E-state index contributed by atoms with van der Waals surface area (Å²) in [6.45, 7) is 8.97. The van der Waals surface area contributed by atoms with Crippen molar-refractivity contribution in [2.75, 3.05) is 0 Å². The molecule has 0 saturated carbocycles. The summed E-state index contributed by atoms with van der Waals surface area (Å²) in [5, 5.41) is 0. The van der Waals surface area contributed by atoms with Crippen LogP contribution in [-0.4, -0.2) is 6.21 Å². The minimum absolute atomic E-state index is 0.134. The minimum Gasteiger partial charge on any atom is -0.260 e. The van der Waals surface area contributed by atoms with Gasteiger partial charge in [0.1, 0.15) is 0 Å². The highest BCUT2D eigenvalue weighted by atomic mass is 14.8. The van der Waals surface area contributed by atoms with E-state index < -0.39 is 0 Å². The fourth-order valence-electron chi connectivity index (χ4n) is 2.10. The van der Waals surface area contributed by atoms with E-state index in [1.54, 1.807) is 0 Å². The molecule has 2 aliphatic rings. The Kier molecular flexibility index (Phi) is 2.22. The Labute approximate surface area is 92.3 Å². The molecule has 1 aliphatic heterocycles. The third-order valence-electron chi connectivity index (χ3n) is 3.41. The van der Waals surface area contributed by atoms with Gasteiger partial charge in [-0.15, -0.1) is 0 Å². The number of nitrogens with zero attached hydrogens (tertiary/aromatic N) is 1. The number of aliphatic imine (C=N–C) groups is 1. The van der Waals surface area contributed by atoms with Crippen molar-refractivity contribution >= 4 is 6.21 Å². The lowest BCUT2D eigenvalue weighted by molar-refractivity contribution is 0.543. The minimum atomic E-state index is 0.134. The van der Waals surface area contributed by atoms with Gasteiger partial charge in [-0.3, -0.25) is 4.99 Å². The Hall–Kier alpha value is -1.11. The largest absolute Gasteiger partial charge is 0.260 e. The van der Waals surface area contributed by atoms with Crippen LogP contribution in [0.2, 0.25) is 0 Å². The van der Waals surface area contributed by atoms with E-state index in [-0.39, 0.29) is 10.8 Å². The molecule has 0 fully saturated rings. The summed E-state index contributed by atoms with van der Waals surface area (Å²) in [7, 11) is 0. The van der Waals surface area contributed by atoms with Crippen molar-refractivity contribution < 1.29 is 0 Å². The van der Waals surface area contributed by atoms with Gasteiger partial charge in [-0.2, -0.15) is 0 Å². The van der Waals surface area contributed by atoms with E-state index in [0.29, 0.717) is 0 Å². The molecule has 1 nitrogen and oxygen atoms in total. The van der Waals surface area contributed by atoms with Gasteiger partial charge in [0.15, 0.2) is 0 Å². The van der Waals surface area contributed by atoms with E-state index in [9.17, 15) is 0 Å². The molecule has 0 N–H and O–H groups in total. The van der Waals surface area contributed by atoms with Crippen LogP contribution in [-0.2, 0) is 0 Å². The maximum Gasteiger partial charge on any atom is 0.0664 e. The Morgan fingerprint density at radius 1 is 1.27 bits per heavy atom. The van der Waals surface area contributed by atoms with E-state index in [1.165, 1.54) is 5.57 Å². The second kappa shape index (κ2) is 3.19. The van der Waals surface area contributed by atoms with Crippen LogP contribution in [0.3, 0.4) is 0 Å². The van der Waals surface area contributed by atoms with E-state index in [0.717, 1.165) is 12.1 Å². The lowest BCUT2D eigenvalue weighted by Gasteiger charge is -2.24. The monoisotopic (exact) mass is 201 g/mol. The van der Waals surface area contributed by atoms with Crippen LogP contribution in [0.5, 0.6) is 0 Å². The van der Waals surface area contributed by atoms with E-state index in [4.69, 9.17) is 0 Å². The van der Waals surface area contributed by atoms with Gasteiger partial charge in [-0.25, -0.2) is 0 Å². The highest BCUT2D eigenvalue weighted by molar-refractivity contribution is 5.79. The summed E-state index contributed by atoms with van der Waals surface area (Å²) in [5.41, 5.74) is 2.80. The highest BCUT2D eigenvalue weighted by Gasteiger charge is 2.34. The molecular weight excluding hydrogens is 182 g/mol. The summed E-state index contributed by atoms with van der Waals surface area (Å²) in [6.07, 6.45) is 12.0. The molecule has 1 unspecified atom stereocenters. The van der Waals surface area contributed by atoms with Gasteiger partial charge >= 0.3 is 0 Å². The normalized spacial score (nSPS) is 32.0. The molecule has 0 aromatic rings. The molecule has 80 valence electrons. The van der Waals surface area contributed by atoms with E-state index >= 15 is 0 Å². The van der Waals surface area contributed by atoms with Crippen molar-refractivity contribution in [3.63, 3.8) is 0 Å². The van der Waals surface area contributed by atoms with Gasteiger partial charge in [0.2, 0.25) is 0 Å². The smallest absolute Gasteiger partial charge is 0.0664 e. The van der Waals surface area contributed by atoms with Gasteiger partial charge in [0, 0.05) is 17.0 Å². The Morgan fingerprint density at radius 3 is 2.67 bits per heavy atom. The quantitative estimate of drug-likeness (QED) is 0.610. The van der Waals surface area contributed by atoms with E-state index in [2.05, 4.69) is 63.2 Å². The second-order valence-electron chi connectivity index (χ2n) is 5.32. The zero-order valence-corrected chi connectivity index (χ0v) is 10.0. The van der Waals surface area contributed by atoms with Crippen LogP contribution in [0.1, 0.15) is 34.1 Å². The third-order valence-corrected chi connectivity index (χ3v) is 3.41. The first-order valence-corrected chi connectivity index (χ1v) is 5.65. The molecule has 1 heterocycles. The summed E-state index contributed by atoms with van der Waals surface area (Å²) in [5.74, 6) is 0. The predicted molar refractivity (Wildman–Crippen MR) is 66.0 cm³/mol. The van der Waals surface area contributed by atoms with Crippen molar-refractivity contribution in [3.05, 3.63) is 35.6 Å². The first-order valence-electron chi connectivity index (χ1n) is 5.65. The van der Waals surface area contributed by atoms with Crippen LogP contribution < -0.4 is 0 Å². The SMILES string of the molecule is CCC1(C)C=NC2=CC=CC(C)(C)C=C21. The van der Waals surface area contributed by atoms with E-state index in [1.807, 2.05) is 0 Å². The summed E-state index contributed by atoms with van der Waals surface area (Å²) >= 11 is 0. The van der Waals surface area contributed by atoms with Crippen LogP contribution in [0, 0.1) is 10.8 Å². The molecule has 0 saturated heterocycles. The molecule has 1 atom stereocenters. The first kappa shape index (κ1) is 10.4. The number of hydrogen-bond donors (Lipinski definition) is 0. The highest BCUT2D eigenvalue weighted by Crippen LogP contribution is 2.43. The molecule has 0 aromatic heterocycles. The molecule has 2 rings (SSSR count). The van der Waals surface area contributed by atoms with Gasteiger partial charge in [0.25, 0.3) is 0 Å². The van der Waals surface area contributed by atoms with Crippen molar-refractivity contribution in [3.8, 4) is 0 Å². The number of allylic oxidation sites excluding steroid dienone is 5. The molecule has 0 radical (unpaired) electrons. The van der Waals surface area contributed by atoms with Crippen molar-refractivity contribution in [2.24, 2.45) is 15.8 Å². The number of rotatable bonds is 1. The van der Waals surface area contributed by atoms with Crippen LogP contribution in [0.4, 0.5) is 0 Å². The van der Waals surface area contributed by atoms with Crippen molar-refractivity contribution in [1.82, 2.24) is 0 Å². The molecule has 15 heavy (non-hydrogen) atoms. The molecule has 1 heteroatoms. The van der Waals surface area contributed by atoms with Gasteiger partial charge in [-0.05, 0) is 18.1 Å². The van der Waals surface area contributed by atoms with Gasteiger partial charge in [-0.1, -0.05) is 45.9 Å². The second-order valence-corrected chi connectivity index (χ2v) is 5.32. The summed E-state index contributed by atoms with van der Waals surface area (Å²) < 4.78 is 0. The molecule has 0 amide bonds. The van der Waals surface area contributed by atoms with Crippen LogP contribution in [0.15, 0.2) is 40.6 Å². The average molecular weight is 201 g/mol. The lowest BCUT2D eigenvalue weighted by Crippen LogP contribution is -2.18. The molecule has 0 aromatic carbocycles. The summed E-state index contributed by atoms with van der Waals surface area (Å²) in [6, 6.07) is 0. The number of hydrogen-bond acceptors (Lipinski definition) is 1. The zero-order chi connectivity index (χ0) is 11.1. The number of fused-ring (bicyclic) bond motifs is 1. The van der Waals surface area contributed by atoms with Gasteiger partial charge < -0.3 is 0 Å². The zero-order valence-electron chi connectivity index (χ0n) is 10.0. The average Bonchev–Trinajstić information content (AvgIpc) is 2.39.